The number of nitrogens with zero attached hydrogens (tertiary/aromatic N) is 2. The van der Waals surface area contributed by atoms with Gasteiger partial charge in [0.25, 0.3) is 5.82 Å². The van der Waals surface area contributed by atoms with Gasteiger partial charge in [0.1, 0.15) is 18.9 Å². The van der Waals surface area contributed by atoms with Gasteiger partial charge in [-0.15, -0.1) is 0 Å². The van der Waals surface area contributed by atoms with E-state index in [0.717, 1.165) is 13.1 Å². The van der Waals surface area contributed by atoms with Crippen molar-refractivity contribution in [3.05, 3.63) is 54.1 Å². The highest BCUT2D eigenvalue weighted by Gasteiger charge is 2.16. The number of aromatic nitrogens is 2. The first-order valence-corrected chi connectivity index (χ1v) is 14.5. The largest absolute Gasteiger partial charge is 0.256 e. The van der Waals surface area contributed by atoms with Gasteiger partial charge in [-0.05, 0) is 18.4 Å². The monoisotopic (exact) mass is 453 g/mol. The first-order chi connectivity index (χ1) is 16.3. The van der Waals surface area contributed by atoms with Crippen molar-refractivity contribution in [3.8, 4) is 0 Å². The molecule has 0 aliphatic heterocycles. The lowest BCUT2D eigenvalue weighted by atomic mass is 10.0. The van der Waals surface area contributed by atoms with Gasteiger partial charge in [-0.1, -0.05) is 140 Å². The summed E-state index contributed by atoms with van der Waals surface area (Å²) in [6.45, 7) is 6.74. The van der Waals surface area contributed by atoms with Crippen molar-refractivity contribution in [2.45, 2.75) is 143 Å². The zero-order chi connectivity index (χ0) is 23.4. The number of rotatable bonds is 21. The van der Waals surface area contributed by atoms with Crippen molar-refractivity contribution in [2.24, 2.45) is 0 Å². The summed E-state index contributed by atoms with van der Waals surface area (Å²) in [5.74, 6) is 1.52. The molecule has 0 aliphatic rings. The zero-order valence-corrected chi connectivity index (χ0v) is 22.1. The minimum atomic E-state index is 0.994. The SMILES string of the molecule is CCCCCCCCCCCCCCCCCc1n(CCCC)cc[n+]1Cc1ccccc1. The minimum Gasteiger partial charge on any atom is -0.234 e. The smallest absolute Gasteiger partial charge is 0.234 e. The van der Waals surface area contributed by atoms with E-state index in [9.17, 15) is 0 Å². The zero-order valence-electron chi connectivity index (χ0n) is 22.1. The molecule has 2 rings (SSSR count). The summed E-state index contributed by atoms with van der Waals surface area (Å²) >= 11 is 0. The molecule has 0 amide bonds. The van der Waals surface area contributed by atoms with Crippen LogP contribution in [-0.4, -0.2) is 4.57 Å². The van der Waals surface area contributed by atoms with E-state index in [4.69, 9.17) is 0 Å². The first kappa shape index (κ1) is 27.7. The van der Waals surface area contributed by atoms with E-state index < -0.39 is 0 Å². The Labute approximate surface area is 205 Å². The average molecular weight is 454 g/mol. The summed E-state index contributed by atoms with van der Waals surface area (Å²) in [6.07, 6.45) is 29.8. The van der Waals surface area contributed by atoms with Crippen LogP contribution >= 0.6 is 0 Å². The summed E-state index contributed by atoms with van der Waals surface area (Å²) in [5, 5.41) is 0. The van der Waals surface area contributed by atoms with Crippen molar-refractivity contribution in [1.82, 2.24) is 4.57 Å². The quantitative estimate of drug-likeness (QED) is 0.132. The molecule has 0 saturated carbocycles. The molecule has 1 aromatic heterocycles. The van der Waals surface area contributed by atoms with E-state index in [1.165, 1.54) is 127 Å². The van der Waals surface area contributed by atoms with Gasteiger partial charge in [0.05, 0.1) is 6.54 Å². The van der Waals surface area contributed by atoms with Gasteiger partial charge in [0, 0.05) is 6.42 Å². The van der Waals surface area contributed by atoms with Crippen LogP contribution in [0.25, 0.3) is 0 Å². The molecule has 0 spiro atoms. The number of hydrogen-bond acceptors (Lipinski definition) is 0. The van der Waals surface area contributed by atoms with Gasteiger partial charge < -0.3 is 0 Å². The molecule has 2 aromatic rings. The Morgan fingerprint density at radius 3 is 1.67 bits per heavy atom. The fourth-order valence-corrected chi connectivity index (χ4v) is 4.90. The van der Waals surface area contributed by atoms with Crippen LogP contribution in [0.4, 0.5) is 0 Å². The third kappa shape index (κ3) is 12.5. The molecule has 0 bridgehead atoms. The second-order valence-electron chi connectivity index (χ2n) is 10.1. The van der Waals surface area contributed by atoms with Gasteiger partial charge in [-0.3, -0.25) is 0 Å². The maximum Gasteiger partial charge on any atom is 0.256 e. The molecule has 1 aromatic carbocycles. The number of aryl methyl sites for hydroxylation is 1. The van der Waals surface area contributed by atoms with E-state index in [0.29, 0.717) is 0 Å². The highest BCUT2D eigenvalue weighted by Crippen LogP contribution is 2.14. The Morgan fingerprint density at radius 2 is 1.12 bits per heavy atom. The summed E-state index contributed by atoms with van der Waals surface area (Å²) in [5.41, 5.74) is 1.40. The van der Waals surface area contributed by atoms with Crippen molar-refractivity contribution in [3.63, 3.8) is 0 Å². The Balaban J connectivity index is 1.56. The van der Waals surface area contributed by atoms with Gasteiger partial charge in [0.2, 0.25) is 0 Å². The molecule has 2 nitrogen and oxygen atoms in total. The second kappa shape index (κ2) is 18.8. The topological polar surface area (TPSA) is 8.81 Å². The number of imidazole rings is 1. The van der Waals surface area contributed by atoms with E-state index in [2.05, 4.69) is 65.7 Å². The molecule has 0 atom stereocenters. The Bertz CT molecular complexity index is 688. The van der Waals surface area contributed by atoms with Crippen LogP contribution in [0.2, 0.25) is 0 Å². The first-order valence-electron chi connectivity index (χ1n) is 14.5. The van der Waals surface area contributed by atoms with Crippen LogP contribution in [0.15, 0.2) is 42.7 Å². The standard InChI is InChI=1S/C31H53N2/c1-3-5-7-8-9-10-11-12-13-14-15-16-17-18-22-25-31-32(26-6-4-2)27-28-33(31)29-30-23-20-19-21-24-30/h19-21,23-24,27-28H,3-18,22,25-26,29H2,1-2H3/q+1. The number of benzene rings is 1. The molecular formula is C31H53N2+. The molecule has 0 fully saturated rings. The Morgan fingerprint density at radius 1 is 0.606 bits per heavy atom. The predicted octanol–water partition coefficient (Wildman–Crippen LogP) is 9.04. The Kier molecular flexibility index (Phi) is 15.8. The van der Waals surface area contributed by atoms with Gasteiger partial charge >= 0.3 is 0 Å². The van der Waals surface area contributed by atoms with E-state index in [-0.39, 0.29) is 0 Å². The van der Waals surface area contributed by atoms with Crippen LogP contribution in [-0.2, 0) is 19.5 Å². The lowest BCUT2D eigenvalue weighted by molar-refractivity contribution is -0.695. The van der Waals surface area contributed by atoms with Crippen molar-refractivity contribution < 1.29 is 4.57 Å². The molecule has 1 heterocycles. The summed E-state index contributed by atoms with van der Waals surface area (Å²) in [6, 6.07) is 10.9. The minimum absolute atomic E-state index is 0.994. The fraction of sp³-hybridized carbons (Fsp3) is 0.710. The van der Waals surface area contributed by atoms with Crippen molar-refractivity contribution in [1.29, 1.82) is 0 Å². The molecule has 2 heteroatoms. The second-order valence-corrected chi connectivity index (χ2v) is 10.1. The van der Waals surface area contributed by atoms with Gasteiger partial charge in [-0.25, -0.2) is 9.13 Å². The maximum atomic E-state index is 2.51. The molecule has 186 valence electrons. The maximum absolute atomic E-state index is 2.51. The highest BCUT2D eigenvalue weighted by atomic mass is 15.1. The number of unbranched alkanes of at least 4 members (excludes halogenated alkanes) is 15. The molecule has 0 unspecified atom stereocenters. The third-order valence-electron chi connectivity index (χ3n) is 7.04. The van der Waals surface area contributed by atoms with Crippen LogP contribution in [0.1, 0.15) is 134 Å². The lowest BCUT2D eigenvalue weighted by Gasteiger charge is -2.06. The lowest BCUT2D eigenvalue weighted by Crippen LogP contribution is -2.37. The molecular weight excluding hydrogens is 400 g/mol. The van der Waals surface area contributed by atoms with E-state index >= 15 is 0 Å². The number of hydrogen-bond donors (Lipinski definition) is 0. The van der Waals surface area contributed by atoms with Gasteiger partial charge in [-0.2, -0.15) is 0 Å². The van der Waals surface area contributed by atoms with Crippen molar-refractivity contribution in [2.75, 3.05) is 0 Å². The Hall–Kier alpha value is -1.57. The normalized spacial score (nSPS) is 11.3. The molecule has 33 heavy (non-hydrogen) atoms. The summed E-state index contributed by atoms with van der Waals surface area (Å²) in [7, 11) is 0. The predicted molar refractivity (Wildman–Crippen MR) is 144 cm³/mol. The molecule has 0 saturated heterocycles. The van der Waals surface area contributed by atoms with Crippen LogP contribution < -0.4 is 4.57 Å². The van der Waals surface area contributed by atoms with Gasteiger partial charge in [0.15, 0.2) is 0 Å². The van der Waals surface area contributed by atoms with Crippen molar-refractivity contribution >= 4 is 0 Å². The molecule has 0 radical (unpaired) electrons. The molecule has 0 N–H and O–H groups in total. The fourth-order valence-electron chi connectivity index (χ4n) is 4.90. The van der Waals surface area contributed by atoms with Crippen LogP contribution in [0, 0.1) is 0 Å². The third-order valence-corrected chi connectivity index (χ3v) is 7.04. The van der Waals surface area contributed by atoms with Crippen LogP contribution in [0.5, 0.6) is 0 Å². The van der Waals surface area contributed by atoms with E-state index in [1.54, 1.807) is 0 Å². The highest BCUT2D eigenvalue weighted by molar-refractivity contribution is 5.13. The average Bonchev–Trinajstić information content (AvgIpc) is 3.21. The van der Waals surface area contributed by atoms with E-state index in [1.807, 2.05) is 0 Å². The summed E-state index contributed by atoms with van der Waals surface area (Å²) in [4.78, 5) is 0. The molecule has 0 aliphatic carbocycles. The van der Waals surface area contributed by atoms with Crippen LogP contribution in [0.3, 0.4) is 0 Å². The summed E-state index contributed by atoms with van der Waals surface area (Å²) < 4.78 is 4.99.